The molecule has 0 unspecified atom stereocenters. The van der Waals surface area contributed by atoms with Gasteiger partial charge in [0.05, 0.1) is 20.2 Å². The molecule has 0 heterocycles. The number of aliphatic hydroxyl groups is 1. The third-order valence-electron chi connectivity index (χ3n) is 6.99. The van der Waals surface area contributed by atoms with Gasteiger partial charge < -0.3 is 15.2 Å². The average Bonchev–Trinajstić information content (AvgIpc) is 2.74. The van der Waals surface area contributed by atoms with Gasteiger partial charge in [0.25, 0.3) is 0 Å². The highest BCUT2D eigenvalue weighted by molar-refractivity contribution is 6.80. The quantitative estimate of drug-likeness (QED) is 0.141. The zero-order chi connectivity index (χ0) is 23.9. The Morgan fingerprint density at radius 3 is 1.94 bits per heavy atom. The predicted molar refractivity (Wildman–Crippen MR) is 140 cm³/mol. The first-order valence-electron chi connectivity index (χ1n) is 12.8. The highest BCUT2D eigenvalue weighted by atomic mass is 28.3. The van der Waals surface area contributed by atoms with E-state index >= 15 is 0 Å². The monoisotopic (exact) mass is 463 g/mol. The van der Waals surface area contributed by atoms with Crippen LogP contribution in [0.3, 0.4) is 0 Å². The molecule has 0 bridgehead atoms. The Morgan fingerprint density at radius 2 is 1.41 bits per heavy atom. The first-order chi connectivity index (χ1) is 15.2. The summed E-state index contributed by atoms with van der Waals surface area (Å²) in [5, 5.41) is 12.7. The minimum absolute atomic E-state index is 0.0355. The summed E-state index contributed by atoms with van der Waals surface area (Å²) in [5.74, 6) is -0.333. The molecule has 1 aromatic rings. The van der Waals surface area contributed by atoms with Crippen molar-refractivity contribution in [1.29, 1.82) is 0 Å². The molecule has 0 aliphatic heterocycles. The molecule has 0 radical (unpaired) electrons. The predicted octanol–water partition coefficient (Wildman–Crippen LogP) is 7.66. The van der Waals surface area contributed by atoms with Crippen LogP contribution in [-0.2, 0) is 4.74 Å². The molecule has 0 saturated heterocycles. The molecule has 0 atom stereocenters. The molecule has 32 heavy (non-hydrogen) atoms. The van der Waals surface area contributed by atoms with E-state index in [1.165, 1.54) is 63.8 Å². The molecular formula is C27H49NO3Si. The number of anilines is 1. The number of unbranched alkanes of at least 4 members (excludes halogenated alkanes) is 8. The van der Waals surface area contributed by atoms with Gasteiger partial charge in [-0.15, -0.1) is 0 Å². The van der Waals surface area contributed by atoms with Gasteiger partial charge in [-0.1, -0.05) is 91.3 Å². The Kier molecular flexibility index (Phi) is 13.9. The van der Waals surface area contributed by atoms with Crippen molar-refractivity contribution in [2.24, 2.45) is 0 Å². The third kappa shape index (κ3) is 12.1. The molecule has 1 rings (SSSR count). The van der Waals surface area contributed by atoms with Gasteiger partial charge in [0.15, 0.2) is 0 Å². The molecule has 0 amide bonds. The van der Waals surface area contributed by atoms with Crippen molar-refractivity contribution >= 4 is 19.7 Å². The lowest BCUT2D eigenvalue weighted by molar-refractivity contribution is 0.0482. The second-order valence-corrected chi connectivity index (χ2v) is 16.6. The highest BCUT2D eigenvalue weighted by Gasteiger charge is 2.33. The first kappa shape index (κ1) is 28.7. The van der Waals surface area contributed by atoms with E-state index in [-0.39, 0.29) is 19.2 Å². The number of esters is 1. The maximum atomic E-state index is 11.8. The first-order valence-corrected chi connectivity index (χ1v) is 16.0. The Morgan fingerprint density at radius 1 is 0.875 bits per heavy atom. The van der Waals surface area contributed by atoms with Crippen molar-refractivity contribution in [1.82, 2.24) is 0 Å². The number of aliphatic hydroxyl groups excluding tert-OH is 1. The van der Waals surface area contributed by atoms with Gasteiger partial charge in [0, 0.05) is 25.3 Å². The average molecular weight is 464 g/mol. The van der Waals surface area contributed by atoms with E-state index in [0.29, 0.717) is 17.0 Å². The zero-order valence-electron chi connectivity index (χ0n) is 21.5. The van der Waals surface area contributed by atoms with Crippen LogP contribution in [0.1, 0.15) is 95.3 Å². The van der Waals surface area contributed by atoms with Crippen LogP contribution in [0, 0.1) is 0 Å². The van der Waals surface area contributed by atoms with E-state index in [0.717, 1.165) is 12.2 Å². The maximum absolute atomic E-state index is 11.8. The van der Waals surface area contributed by atoms with Gasteiger partial charge in [-0.05, 0) is 35.7 Å². The lowest BCUT2D eigenvalue weighted by Crippen LogP contribution is -2.36. The van der Waals surface area contributed by atoms with Crippen molar-refractivity contribution < 1.29 is 14.6 Å². The largest absolute Gasteiger partial charge is 0.462 e. The van der Waals surface area contributed by atoms with Crippen molar-refractivity contribution in [3.8, 4) is 0 Å². The van der Waals surface area contributed by atoms with Crippen LogP contribution in [0.4, 0.5) is 5.69 Å². The minimum Gasteiger partial charge on any atom is -0.462 e. The van der Waals surface area contributed by atoms with Crippen molar-refractivity contribution in [2.75, 3.05) is 25.1 Å². The summed E-state index contributed by atoms with van der Waals surface area (Å²) in [6.07, 6.45) is 12.6. The SMILES string of the molecule is CC(C)(C)[Si](C)(C)CCCCCCCCCCCNc1ccc(C(=O)OCCCO)cc1. The van der Waals surface area contributed by atoms with Crippen LogP contribution >= 0.6 is 0 Å². The fraction of sp³-hybridized carbons (Fsp3) is 0.741. The molecule has 0 spiro atoms. The fourth-order valence-electron chi connectivity index (χ4n) is 3.57. The number of hydrogen-bond donors (Lipinski definition) is 2. The van der Waals surface area contributed by atoms with Crippen molar-refractivity contribution in [3.05, 3.63) is 29.8 Å². The van der Waals surface area contributed by atoms with Gasteiger partial charge in [-0.2, -0.15) is 0 Å². The number of hydrogen-bond acceptors (Lipinski definition) is 4. The van der Waals surface area contributed by atoms with Crippen LogP contribution in [0.25, 0.3) is 0 Å². The van der Waals surface area contributed by atoms with Crippen LogP contribution in [0.2, 0.25) is 24.2 Å². The van der Waals surface area contributed by atoms with E-state index in [1.54, 1.807) is 12.1 Å². The molecular weight excluding hydrogens is 414 g/mol. The van der Waals surface area contributed by atoms with E-state index < -0.39 is 8.07 Å². The topological polar surface area (TPSA) is 58.6 Å². The van der Waals surface area contributed by atoms with Gasteiger partial charge in [0.1, 0.15) is 0 Å². The molecule has 1 aromatic carbocycles. The number of rotatable bonds is 17. The summed E-state index contributed by atoms with van der Waals surface area (Å²) < 4.78 is 5.09. The Balaban J connectivity index is 1.99. The molecule has 184 valence electrons. The number of nitrogens with one attached hydrogen (secondary N) is 1. The molecule has 0 saturated carbocycles. The maximum Gasteiger partial charge on any atom is 0.338 e. The lowest BCUT2D eigenvalue weighted by atomic mass is 10.1. The number of carbonyl (C=O) groups is 1. The Labute approximate surface area is 198 Å². The summed E-state index contributed by atoms with van der Waals surface area (Å²) in [6.45, 7) is 13.6. The van der Waals surface area contributed by atoms with E-state index in [2.05, 4.69) is 39.2 Å². The van der Waals surface area contributed by atoms with Crippen LogP contribution in [-0.4, -0.2) is 38.9 Å². The smallest absolute Gasteiger partial charge is 0.338 e. The summed E-state index contributed by atoms with van der Waals surface area (Å²) >= 11 is 0. The molecule has 0 aromatic heterocycles. The van der Waals surface area contributed by atoms with Gasteiger partial charge in [-0.3, -0.25) is 0 Å². The fourth-order valence-corrected chi connectivity index (χ4v) is 5.46. The van der Waals surface area contributed by atoms with Crippen molar-refractivity contribution in [2.45, 2.75) is 109 Å². The second kappa shape index (κ2) is 15.5. The van der Waals surface area contributed by atoms with Crippen LogP contribution in [0.5, 0.6) is 0 Å². The van der Waals surface area contributed by atoms with E-state index in [9.17, 15) is 4.79 Å². The Bertz CT molecular complexity index is 623. The number of carbonyl (C=O) groups excluding carboxylic acids is 1. The summed E-state index contributed by atoms with van der Waals surface area (Å²) in [5.41, 5.74) is 1.59. The number of benzene rings is 1. The summed E-state index contributed by atoms with van der Waals surface area (Å²) in [6, 6.07) is 8.90. The highest BCUT2D eigenvalue weighted by Crippen LogP contribution is 2.39. The van der Waals surface area contributed by atoms with Gasteiger partial charge >= 0.3 is 5.97 Å². The van der Waals surface area contributed by atoms with Crippen LogP contribution in [0.15, 0.2) is 24.3 Å². The number of ether oxygens (including phenoxy) is 1. The third-order valence-corrected chi connectivity index (χ3v) is 12.7. The molecule has 2 N–H and O–H groups in total. The normalized spacial score (nSPS) is 12.1. The summed E-state index contributed by atoms with van der Waals surface area (Å²) in [4.78, 5) is 11.8. The summed E-state index contributed by atoms with van der Waals surface area (Å²) in [7, 11) is -1.07. The zero-order valence-corrected chi connectivity index (χ0v) is 22.5. The lowest BCUT2D eigenvalue weighted by Gasteiger charge is -2.37. The van der Waals surface area contributed by atoms with Crippen molar-refractivity contribution in [3.63, 3.8) is 0 Å². The molecule has 0 fully saturated rings. The van der Waals surface area contributed by atoms with E-state index in [4.69, 9.17) is 9.84 Å². The molecule has 0 aliphatic rings. The van der Waals surface area contributed by atoms with Crippen LogP contribution < -0.4 is 5.32 Å². The van der Waals surface area contributed by atoms with Gasteiger partial charge in [0.2, 0.25) is 0 Å². The van der Waals surface area contributed by atoms with Gasteiger partial charge in [-0.25, -0.2) is 4.79 Å². The Hall–Kier alpha value is -1.33. The molecule has 0 aliphatic carbocycles. The second-order valence-electron chi connectivity index (χ2n) is 10.8. The standard InChI is InChI=1S/C27H49NO3Si/c1-27(2,3)32(4,5)23-14-12-10-8-6-7-9-11-13-20-28-25-18-16-24(17-19-25)26(30)31-22-15-21-29/h16-19,28-29H,6-15,20-23H2,1-5H3. The molecule has 5 heteroatoms. The minimum atomic E-state index is -1.07. The molecule has 4 nitrogen and oxygen atoms in total. The van der Waals surface area contributed by atoms with E-state index in [1.807, 2.05) is 12.1 Å².